The van der Waals surface area contributed by atoms with Crippen molar-refractivity contribution in [3.63, 3.8) is 0 Å². The van der Waals surface area contributed by atoms with Crippen molar-refractivity contribution in [2.24, 2.45) is 5.92 Å². The lowest BCUT2D eigenvalue weighted by molar-refractivity contribution is -0.289. The molecule has 1 saturated heterocycles. The van der Waals surface area contributed by atoms with E-state index in [0.717, 1.165) is 20.7 Å². The highest BCUT2D eigenvalue weighted by Gasteiger charge is 2.72. The molecule has 1 aliphatic carbocycles. The van der Waals surface area contributed by atoms with E-state index in [1.807, 2.05) is 72.8 Å². The number of hydrogen-bond donors (Lipinski definition) is 2. The number of aliphatic hydroxyl groups is 1. The first kappa shape index (κ1) is 50.7. The van der Waals surface area contributed by atoms with Gasteiger partial charge in [-0.25, -0.2) is 9.59 Å². The summed E-state index contributed by atoms with van der Waals surface area (Å²) >= 11 is 0. The van der Waals surface area contributed by atoms with Crippen molar-refractivity contribution in [3.05, 3.63) is 121 Å². The van der Waals surface area contributed by atoms with Crippen LogP contribution in [0.1, 0.15) is 82.1 Å². The number of esters is 2. The Kier molecular flexibility index (Phi) is 15.3. The molecule has 14 heteroatoms. The highest BCUT2D eigenvalue weighted by Crippen LogP contribution is 2.51. The van der Waals surface area contributed by atoms with E-state index in [2.05, 4.69) is 95.4 Å². The Morgan fingerprint density at radius 2 is 1.17 bits per heavy atom. The maximum absolute atomic E-state index is 14.7. The van der Waals surface area contributed by atoms with E-state index in [4.69, 9.17) is 32.5 Å². The summed E-state index contributed by atoms with van der Waals surface area (Å²) in [6.07, 6.45) is -5.37. The molecule has 6 atom stereocenters. The fraction of sp³-hybridized carbons (Fsp3) is 0.481. The maximum atomic E-state index is 14.7. The third-order valence-electron chi connectivity index (χ3n) is 13.0. The van der Waals surface area contributed by atoms with Crippen LogP contribution in [0.2, 0.25) is 10.1 Å². The van der Waals surface area contributed by atoms with Crippen molar-refractivity contribution in [2.75, 3.05) is 27.1 Å². The van der Waals surface area contributed by atoms with Crippen LogP contribution in [0.4, 0.5) is 4.79 Å². The number of alkyl carbamates (subject to hydrolysis) is 1. The zero-order valence-electron chi connectivity index (χ0n) is 40.4. The van der Waals surface area contributed by atoms with Crippen LogP contribution in [-0.4, -0.2) is 102 Å². The molecule has 1 unspecified atom stereocenters. The number of amides is 1. The highest BCUT2D eigenvalue weighted by atomic mass is 28.4. The number of rotatable bonds is 16. The minimum atomic E-state index is -3.31. The minimum absolute atomic E-state index is 0.102. The number of nitrogens with one attached hydrogen (secondary N) is 1. The van der Waals surface area contributed by atoms with Crippen LogP contribution in [0.15, 0.2) is 121 Å². The molecule has 1 amide bonds. The van der Waals surface area contributed by atoms with Crippen molar-refractivity contribution in [1.82, 2.24) is 5.32 Å². The second kappa shape index (κ2) is 19.9. The van der Waals surface area contributed by atoms with Crippen molar-refractivity contribution in [2.45, 2.75) is 127 Å². The van der Waals surface area contributed by atoms with Gasteiger partial charge in [-0.05, 0) is 70.4 Å². The van der Waals surface area contributed by atoms with Crippen molar-refractivity contribution >= 4 is 55.4 Å². The largest absolute Gasteiger partial charge is 0.453 e. The lowest BCUT2D eigenvalue weighted by Crippen LogP contribution is -2.83. The second-order valence-electron chi connectivity index (χ2n) is 20.7. The molecule has 1 heterocycles. The van der Waals surface area contributed by atoms with Gasteiger partial charge in [-0.2, -0.15) is 0 Å². The molecule has 356 valence electrons. The van der Waals surface area contributed by atoms with Gasteiger partial charge in [0.2, 0.25) is 6.10 Å². The Balaban J connectivity index is 1.54. The van der Waals surface area contributed by atoms with Crippen LogP contribution in [-0.2, 0) is 42.1 Å². The van der Waals surface area contributed by atoms with Crippen molar-refractivity contribution < 1.29 is 52.0 Å². The minimum Gasteiger partial charge on any atom is -0.453 e. The summed E-state index contributed by atoms with van der Waals surface area (Å²) < 4.78 is 44.9. The Bertz CT molecular complexity index is 2170. The number of methoxy groups -OCH3 is 1. The average Bonchev–Trinajstić information content (AvgIpc) is 3.25. The molecule has 2 aliphatic rings. The maximum Gasteiger partial charge on any atom is 0.408 e. The molecule has 4 aromatic carbocycles. The smallest absolute Gasteiger partial charge is 0.408 e. The molecule has 1 saturated carbocycles. The van der Waals surface area contributed by atoms with Gasteiger partial charge in [0.1, 0.15) is 29.6 Å². The van der Waals surface area contributed by atoms with Gasteiger partial charge < -0.3 is 43.0 Å². The van der Waals surface area contributed by atoms with Crippen LogP contribution < -0.4 is 26.1 Å². The molecule has 0 aromatic heterocycles. The van der Waals surface area contributed by atoms with Gasteiger partial charge in [0.15, 0.2) is 6.10 Å². The highest BCUT2D eigenvalue weighted by molar-refractivity contribution is 7.00. The zero-order valence-corrected chi connectivity index (χ0v) is 42.4. The number of hydrogen-bond acceptors (Lipinski definition) is 11. The van der Waals surface area contributed by atoms with Crippen LogP contribution in [0.3, 0.4) is 0 Å². The van der Waals surface area contributed by atoms with E-state index < -0.39 is 80.7 Å². The second-order valence-corrected chi connectivity index (χ2v) is 29.3. The van der Waals surface area contributed by atoms with Crippen LogP contribution in [0.5, 0.6) is 0 Å². The van der Waals surface area contributed by atoms with Gasteiger partial charge >= 0.3 is 18.0 Å². The van der Waals surface area contributed by atoms with Crippen LogP contribution in [0.25, 0.3) is 0 Å². The average molecular weight is 940 g/mol. The van der Waals surface area contributed by atoms with E-state index in [9.17, 15) is 19.5 Å². The molecule has 66 heavy (non-hydrogen) atoms. The topological polar surface area (TPSA) is 148 Å². The van der Waals surface area contributed by atoms with Crippen molar-refractivity contribution in [1.29, 1.82) is 0 Å². The Morgan fingerprint density at radius 3 is 1.56 bits per heavy atom. The molecule has 2 fully saturated rings. The molecular weight excluding hydrogens is 871 g/mol. The lowest BCUT2D eigenvalue weighted by atomic mass is 9.59. The zero-order chi connectivity index (χ0) is 48.2. The van der Waals surface area contributed by atoms with E-state index in [1.165, 1.54) is 14.0 Å². The van der Waals surface area contributed by atoms with Gasteiger partial charge in [0.25, 0.3) is 16.6 Å². The molecule has 2 bridgehead atoms. The molecule has 6 rings (SSSR count). The van der Waals surface area contributed by atoms with Gasteiger partial charge in [0.05, 0.1) is 6.61 Å². The Morgan fingerprint density at radius 1 is 0.727 bits per heavy atom. The third-order valence-corrected chi connectivity index (χ3v) is 23.0. The molecule has 0 radical (unpaired) electrons. The molecule has 2 N–H and O–H groups in total. The first-order valence-electron chi connectivity index (χ1n) is 22.8. The monoisotopic (exact) mass is 939 g/mol. The molecule has 0 spiro atoms. The summed E-state index contributed by atoms with van der Waals surface area (Å²) in [5.41, 5.74) is -4.77. The standard InChI is InChI=1S/C52H69NO11Si2/c1-37(54)62-45-46(55)63-43-44(59-36-58-11)52(45,53-47(56)64-48(2,3)4)38(32-33-60-65(49(5,6)7,39-24-16-12-17-25-39)40-26-18-13-19-27-40)34-51(43,57)35-61-66(50(8,9)10,41-28-20-14-21-29-41)42-30-22-15-23-31-42/h12-31,38,43-45,57H,32-36H2,1-11H3,(H,53,56)/t38-,43?,44+,45-,51+,52-/m1/s1. The number of fused-ring (bicyclic) bond motifs is 2. The summed E-state index contributed by atoms with van der Waals surface area (Å²) in [5.74, 6) is -2.65. The fourth-order valence-corrected chi connectivity index (χ4v) is 19.6. The van der Waals surface area contributed by atoms with Crippen LogP contribution in [0, 0.1) is 5.92 Å². The third kappa shape index (κ3) is 9.96. The molecule has 4 aromatic rings. The van der Waals surface area contributed by atoms with Gasteiger partial charge in [0, 0.05) is 20.6 Å². The summed E-state index contributed by atoms with van der Waals surface area (Å²) in [6, 6.07) is 40.5. The lowest BCUT2D eigenvalue weighted by Gasteiger charge is -2.61. The fourth-order valence-electron chi connectivity index (χ4n) is 10.4. The normalized spacial score (nSPS) is 23.7. The number of carbonyl (C=O) groups excluding carboxylic acids is 3. The summed E-state index contributed by atoms with van der Waals surface area (Å²) in [5, 5.41) is 19.8. The number of ether oxygens (including phenoxy) is 5. The predicted octanol–water partition coefficient (Wildman–Crippen LogP) is 6.39. The van der Waals surface area contributed by atoms with Gasteiger partial charge in [-0.1, -0.05) is 163 Å². The summed E-state index contributed by atoms with van der Waals surface area (Å²) in [7, 11) is -5.01. The predicted molar refractivity (Wildman–Crippen MR) is 259 cm³/mol. The first-order chi connectivity index (χ1) is 31.1. The number of benzene rings is 4. The summed E-state index contributed by atoms with van der Waals surface area (Å²) in [4.78, 5) is 42.0. The van der Waals surface area contributed by atoms with E-state index >= 15 is 0 Å². The number of carbonyl (C=O) groups is 3. The molecular formula is C52H69NO11Si2. The summed E-state index contributed by atoms with van der Waals surface area (Å²) in [6.45, 7) is 18.8. The first-order valence-corrected chi connectivity index (χ1v) is 26.6. The molecule has 1 aliphatic heterocycles. The van der Waals surface area contributed by atoms with Crippen molar-refractivity contribution in [3.8, 4) is 0 Å². The Labute approximate surface area is 392 Å². The van der Waals surface area contributed by atoms with E-state index in [-0.39, 0.29) is 37.9 Å². The van der Waals surface area contributed by atoms with E-state index in [1.54, 1.807) is 20.8 Å². The quantitative estimate of drug-likeness (QED) is 0.0558. The van der Waals surface area contributed by atoms with E-state index in [0.29, 0.717) is 0 Å². The SMILES string of the molecule is COCO[C@H]1C2OC(=O)[C@@H](OC(C)=O)[C@@]1(NC(=O)OC(C)(C)C)[C@H](CCO[Si](c1ccccc1)(c1ccccc1)C(C)(C)C)C[C@]2(O)CO[Si](c1ccccc1)(c1ccccc1)C(C)(C)C. The van der Waals surface area contributed by atoms with Gasteiger partial charge in [-0.3, -0.25) is 4.79 Å². The Hall–Kier alpha value is -4.68. The molecule has 12 nitrogen and oxygen atoms in total. The van der Waals surface area contributed by atoms with Crippen LogP contribution >= 0.6 is 0 Å². The van der Waals surface area contributed by atoms with Gasteiger partial charge in [-0.15, -0.1) is 0 Å².